The van der Waals surface area contributed by atoms with Crippen molar-refractivity contribution in [3.8, 4) is 0 Å². The standard InChI is InChI=1S/C18H33NOS/c1-6-19-14(15-16(2,3)17(15,4)5)13-7-9-20-18(11-13)8-10-21-12-18/h13-15,19H,6-12H2,1-5H3. The molecular weight excluding hydrogens is 278 g/mol. The van der Waals surface area contributed by atoms with E-state index >= 15 is 0 Å². The van der Waals surface area contributed by atoms with Crippen molar-refractivity contribution in [3.05, 3.63) is 0 Å². The van der Waals surface area contributed by atoms with Crippen LogP contribution in [0.4, 0.5) is 0 Å². The molecule has 2 saturated heterocycles. The normalized spacial score (nSPS) is 39.6. The molecule has 3 rings (SSSR count). The van der Waals surface area contributed by atoms with Gasteiger partial charge < -0.3 is 10.1 Å². The van der Waals surface area contributed by atoms with Gasteiger partial charge in [0.15, 0.2) is 0 Å². The van der Waals surface area contributed by atoms with Crippen LogP contribution in [-0.2, 0) is 4.74 Å². The predicted molar refractivity (Wildman–Crippen MR) is 91.9 cm³/mol. The van der Waals surface area contributed by atoms with Crippen LogP contribution in [-0.4, -0.2) is 36.3 Å². The molecule has 3 fully saturated rings. The van der Waals surface area contributed by atoms with Crippen LogP contribution in [0.3, 0.4) is 0 Å². The number of hydrogen-bond acceptors (Lipinski definition) is 3. The quantitative estimate of drug-likeness (QED) is 0.849. The number of ether oxygens (including phenoxy) is 1. The zero-order valence-corrected chi connectivity index (χ0v) is 15.3. The zero-order chi connectivity index (χ0) is 15.3. The molecule has 21 heavy (non-hydrogen) atoms. The van der Waals surface area contributed by atoms with Gasteiger partial charge in [-0.3, -0.25) is 0 Å². The second-order valence-electron chi connectivity index (χ2n) is 8.59. The first-order chi connectivity index (χ1) is 9.84. The van der Waals surface area contributed by atoms with Crippen LogP contribution in [0.15, 0.2) is 0 Å². The molecule has 0 radical (unpaired) electrons. The molecule has 1 aliphatic carbocycles. The number of hydrogen-bond donors (Lipinski definition) is 1. The first kappa shape index (κ1) is 16.1. The van der Waals surface area contributed by atoms with E-state index in [1.165, 1.54) is 30.8 Å². The summed E-state index contributed by atoms with van der Waals surface area (Å²) < 4.78 is 6.24. The third-order valence-corrected chi connectivity index (χ3v) is 8.26. The van der Waals surface area contributed by atoms with Crippen LogP contribution in [0.25, 0.3) is 0 Å². The molecule has 1 spiro atoms. The summed E-state index contributed by atoms with van der Waals surface area (Å²) in [6, 6.07) is 0.673. The Labute approximate surface area is 135 Å². The maximum absolute atomic E-state index is 6.24. The molecule has 1 N–H and O–H groups in total. The van der Waals surface area contributed by atoms with E-state index in [2.05, 4.69) is 51.7 Å². The fraction of sp³-hybridized carbons (Fsp3) is 1.00. The van der Waals surface area contributed by atoms with E-state index < -0.39 is 0 Å². The minimum atomic E-state index is 0.213. The summed E-state index contributed by atoms with van der Waals surface area (Å²) in [5.41, 5.74) is 1.15. The van der Waals surface area contributed by atoms with Gasteiger partial charge in [-0.15, -0.1) is 0 Å². The molecule has 0 aromatic carbocycles. The van der Waals surface area contributed by atoms with Gasteiger partial charge in [-0.25, -0.2) is 0 Å². The average Bonchev–Trinajstić information content (AvgIpc) is 2.76. The lowest BCUT2D eigenvalue weighted by Crippen LogP contribution is -2.48. The van der Waals surface area contributed by atoms with Crippen molar-refractivity contribution < 1.29 is 4.74 Å². The van der Waals surface area contributed by atoms with Crippen molar-refractivity contribution in [2.24, 2.45) is 22.7 Å². The van der Waals surface area contributed by atoms with Gasteiger partial charge in [0.1, 0.15) is 0 Å². The molecule has 0 aromatic rings. The van der Waals surface area contributed by atoms with Crippen molar-refractivity contribution in [2.75, 3.05) is 24.7 Å². The molecule has 2 nitrogen and oxygen atoms in total. The Kier molecular flexibility index (Phi) is 4.16. The summed E-state index contributed by atoms with van der Waals surface area (Å²) in [6.45, 7) is 14.2. The zero-order valence-electron chi connectivity index (χ0n) is 14.5. The Morgan fingerprint density at radius 3 is 2.48 bits per heavy atom. The van der Waals surface area contributed by atoms with Crippen molar-refractivity contribution in [3.63, 3.8) is 0 Å². The lowest BCUT2D eigenvalue weighted by Gasteiger charge is -2.42. The van der Waals surface area contributed by atoms with E-state index in [-0.39, 0.29) is 5.60 Å². The molecule has 0 bridgehead atoms. The third kappa shape index (κ3) is 2.57. The second-order valence-corrected chi connectivity index (χ2v) is 9.70. The maximum atomic E-state index is 6.24. The highest BCUT2D eigenvalue weighted by Gasteiger charge is 2.68. The Hall–Kier alpha value is 0.270. The van der Waals surface area contributed by atoms with E-state index in [4.69, 9.17) is 4.74 Å². The van der Waals surface area contributed by atoms with E-state index in [9.17, 15) is 0 Å². The summed E-state index contributed by atoms with van der Waals surface area (Å²) in [7, 11) is 0. The third-order valence-electron chi connectivity index (χ3n) is 7.04. The highest BCUT2D eigenvalue weighted by Crippen LogP contribution is 2.70. The molecule has 3 heteroatoms. The monoisotopic (exact) mass is 311 g/mol. The summed E-state index contributed by atoms with van der Waals surface area (Å²) in [5.74, 6) is 4.11. The maximum Gasteiger partial charge on any atom is 0.0783 e. The van der Waals surface area contributed by atoms with E-state index in [0.717, 1.165) is 25.0 Å². The Balaban J connectivity index is 1.75. The van der Waals surface area contributed by atoms with Gasteiger partial charge in [0, 0.05) is 18.4 Å². The molecule has 3 atom stereocenters. The van der Waals surface area contributed by atoms with E-state index in [0.29, 0.717) is 16.9 Å². The Bertz CT molecular complexity index is 373. The molecule has 3 aliphatic rings. The van der Waals surface area contributed by atoms with Gasteiger partial charge in [0.2, 0.25) is 0 Å². The highest BCUT2D eigenvalue weighted by molar-refractivity contribution is 7.99. The predicted octanol–water partition coefficient (Wildman–Crippen LogP) is 3.95. The first-order valence-electron chi connectivity index (χ1n) is 8.79. The number of rotatable bonds is 4. The molecule has 2 aliphatic heterocycles. The van der Waals surface area contributed by atoms with Gasteiger partial charge in [-0.05, 0) is 54.2 Å². The van der Waals surface area contributed by atoms with Crippen molar-refractivity contribution in [1.82, 2.24) is 5.32 Å². The molecular formula is C18H33NOS. The van der Waals surface area contributed by atoms with Crippen molar-refractivity contribution in [1.29, 1.82) is 0 Å². The van der Waals surface area contributed by atoms with E-state index in [1.807, 2.05) is 0 Å². The summed E-state index contributed by atoms with van der Waals surface area (Å²) in [4.78, 5) is 0. The van der Waals surface area contributed by atoms with Gasteiger partial charge >= 0.3 is 0 Å². The summed E-state index contributed by atoms with van der Waals surface area (Å²) in [6.07, 6.45) is 3.79. The number of nitrogens with one attached hydrogen (secondary N) is 1. The second kappa shape index (κ2) is 5.42. The molecule has 2 heterocycles. The number of thioether (sulfide) groups is 1. The molecule has 0 amide bonds. The van der Waals surface area contributed by atoms with Crippen LogP contribution in [0, 0.1) is 22.7 Å². The fourth-order valence-corrected chi connectivity index (χ4v) is 6.55. The van der Waals surface area contributed by atoms with Gasteiger partial charge in [0.05, 0.1) is 5.60 Å². The first-order valence-corrected chi connectivity index (χ1v) is 9.95. The van der Waals surface area contributed by atoms with Gasteiger partial charge in [-0.1, -0.05) is 34.6 Å². The minimum Gasteiger partial charge on any atom is -0.374 e. The van der Waals surface area contributed by atoms with Crippen LogP contribution >= 0.6 is 11.8 Å². The smallest absolute Gasteiger partial charge is 0.0783 e. The van der Waals surface area contributed by atoms with Crippen LogP contribution in [0.1, 0.15) is 53.9 Å². The SMILES string of the molecule is CCNC(C1CCOC2(CCSC2)C1)C1C(C)(C)C1(C)C. The van der Waals surface area contributed by atoms with Crippen molar-refractivity contribution >= 4 is 11.8 Å². The molecule has 3 unspecified atom stereocenters. The minimum absolute atomic E-state index is 0.213. The summed E-state index contributed by atoms with van der Waals surface area (Å²) in [5, 5.41) is 3.87. The Morgan fingerprint density at radius 1 is 1.24 bits per heavy atom. The largest absolute Gasteiger partial charge is 0.374 e. The van der Waals surface area contributed by atoms with E-state index in [1.54, 1.807) is 0 Å². The van der Waals surface area contributed by atoms with Crippen molar-refractivity contribution in [2.45, 2.75) is 65.5 Å². The van der Waals surface area contributed by atoms with Gasteiger partial charge in [0.25, 0.3) is 0 Å². The lowest BCUT2D eigenvalue weighted by atomic mass is 9.78. The highest BCUT2D eigenvalue weighted by atomic mass is 32.2. The topological polar surface area (TPSA) is 21.3 Å². The Morgan fingerprint density at radius 2 is 1.95 bits per heavy atom. The van der Waals surface area contributed by atoms with Crippen LogP contribution in [0.2, 0.25) is 0 Å². The summed E-state index contributed by atoms with van der Waals surface area (Å²) >= 11 is 2.08. The van der Waals surface area contributed by atoms with Crippen LogP contribution in [0.5, 0.6) is 0 Å². The average molecular weight is 312 g/mol. The lowest BCUT2D eigenvalue weighted by molar-refractivity contribution is -0.0872. The molecule has 0 aromatic heterocycles. The van der Waals surface area contributed by atoms with Gasteiger partial charge in [-0.2, -0.15) is 11.8 Å². The fourth-order valence-electron chi connectivity index (χ4n) is 5.17. The van der Waals surface area contributed by atoms with Crippen LogP contribution < -0.4 is 5.32 Å². The molecule has 1 saturated carbocycles. The molecule has 122 valence electrons.